The minimum absolute atomic E-state index is 0.0479. The Hall–Kier alpha value is -4.24. The molecule has 2 heterocycles. The Balaban J connectivity index is 1.70. The van der Waals surface area contributed by atoms with Gasteiger partial charge in [0.1, 0.15) is 16.8 Å². The normalized spacial score (nSPS) is 13.0. The van der Waals surface area contributed by atoms with Crippen LogP contribution in [0.25, 0.3) is 16.6 Å². The van der Waals surface area contributed by atoms with Crippen molar-refractivity contribution in [1.82, 2.24) is 8.75 Å². The second-order valence-corrected chi connectivity index (χ2v) is 8.04. The van der Waals surface area contributed by atoms with Crippen LogP contribution >= 0.6 is 11.7 Å². The number of aliphatic carboxylic acids is 1. The first-order chi connectivity index (χ1) is 16.5. The molecule has 8 nitrogen and oxygen atoms in total. The molecule has 1 aromatic heterocycles. The van der Waals surface area contributed by atoms with Gasteiger partial charge in [-0.25, -0.2) is 4.79 Å². The molecule has 0 fully saturated rings. The van der Waals surface area contributed by atoms with Gasteiger partial charge in [-0.3, -0.25) is 4.79 Å². The van der Waals surface area contributed by atoms with Gasteiger partial charge in [0.15, 0.2) is 17.3 Å². The van der Waals surface area contributed by atoms with Crippen LogP contribution in [0, 0.1) is 0 Å². The zero-order chi connectivity index (χ0) is 23.7. The van der Waals surface area contributed by atoms with Crippen LogP contribution in [0.15, 0.2) is 66.2 Å². The number of carbonyl (C=O) groups is 2. The summed E-state index contributed by atoms with van der Waals surface area (Å²) in [7, 11) is 1.53. The number of hydrogen-bond acceptors (Lipinski definition) is 8. The van der Waals surface area contributed by atoms with Crippen LogP contribution in [0.1, 0.15) is 21.5 Å². The highest BCUT2D eigenvalue weighted by Gasteiger charge is 2.26. The monoisotopic (exact) mass is 474 g/mol. The number of carbonyl (C=O) groups excluding carboxylic acids is 1. The maximum atomic E-state index is 13.8. The van der Waals surface area contributed by atoms with E-state index < -0.39 is 11.8 Å². The number of benzene rings is 3. The van der Waals surface area contributed by atoms with E-state index in [1.165, 1.54) is 7.11 Å². The van der Waals surface area contributed by atoms with Crippen molar-refractivity contribution < 1.29 is 28.9 Å². The van der Waals surface area contributed by atoms with Crippen molar-refractivity contribution in [2.24, 2.45) is 0 Å². The van der Waals surface area contributed by atoms with E-state index in [0.717, 1.165) is 11.7 Å². The number of para-hydroxylation sites is 1. The summed E-state index contributed by atoms with van der Waals surface area (Å²) in [5.74, 6) is -0.122. The highest BCUT2D eigenvalue weighted by Crippen LogP contribution is 2.35. The lowest BCUT2D eigenvalue weighted by Gasteiger charge is -2.15. The molecule has 0 spiro atoms. The molecule has 0 bridgehead atoms. The maximum Gasteiger partial charge on any atom is 0.336 e. The van der Waals surface area contributed by atoms with Crippen LogP contribution in [-0.2, 0) is 11.2 Å². The third-order valence-electron chi connectivity index (χ3n) is 5.53. The van der Waals surface area contributed by atoms with Gasteiger partial charge in [0.25, 0.3) is 0 Å². The number of aromatic nitrogens is 2. The fraction of sp³-hybridized carbons (Fsp3) is 0.120. The predicted molar refractivity (Wildman–Crippen MR) is 126 cm³/mol. The SMILES string of the molecule is COc1ccccc1CC(C(=O)c1ccc2c(c1)OCO2)=C(C(=O)O)c1ccc2nsnc2c1. The summed E-state index contributed by atoms with van der Waals surface area (Å²) in [6, 6.07) is 17.0. The molecule has 170 valence electrons. The van der Waals surface area contributed by atoms with E-state index in [0.29, 0.717) is 45.0 Å². The van der Waals surface area contributed by atoms with Crippen LogP contribution in [-0.4, -0.2) is 39.5 Å². The Morgan fingerprint density at radius 3 is 2.56 bits per heavy atom. The Labute approximate surface area is 198 Å². The molecule has 1 N–H and O–H groups in total. The van der Waals surface area contributed by atoms with Gasteiger partial charge >= 0.3 is 5.97 Å². The van der Waals surface area contributed by atoms with Gasteiger partial charge in [-0.2, -0.15) is 8.75 Å². The second-order valence-electron chi connectivity index (χ2n) is 7.51. The number of ketones is 1. The van der Waals surface area contributed by atoms with Gasteiger partial charge in [0.2, 0.25) is 6.79 Å². The largest absolute Gasteiger partial charge is 0.496 e. The lowest BCUT2D eigenvalue weighted by atomic mass is 9.89. The first kappa shape index (κ1) is 21.6. The van der Waals surface area contributed by atoms with Crippen molar-refractivity contribution in [1.29, 1.82) is 0 Å². The third-order valence-corrected chi connectivity index (χ3v) is 6.08. The fourth-order valence-electron chi connectivity index (χ4n) is 3.90. The molecule has 5 rings (SSSR count). The summed E-state index contributed by atoms with van der Waals surface area (Å²) in [6.07, 6.45) is 0.0479. The molecule has 0 unspecified atom stereocenters. The van der Waals surface area contributed by atoms with E-state index in [1.54, 1.807) is 48.5 Å². The molecule has 4 aromatic rings. The van der Waals surface area contributed by atoms with Crippen molar-refractivity contribution in [2.75, 3.05) is 13.9 Å². The molecule has 0 atom stereocenters. The minimum Gasteiger partial charge on any atom is -0.496 e. The van der Waals surface area contributed by atoms with Gasteiger partial charge in [0.05, 0.1) is 24.4 Å². The molecule has 9 heteroatoms. The van der Waals surface area contributed by atoms with Crippen molar-refractivity contribution in [3.63, 3.8) is 0 Å². The summed E-state index contributed by atoms with van der Waals surface area (Å²) in [4.78, 5) is 26.4. The summed E-state index contributed by atoms with van der Waals surface area (Å²) < 4.78 is 24.6. The molecule has 1 aliphatic heterocycles. The van der Waals surface area contributed by atoms with E-state index >= 15 is 0 Å². The fourth-order valence-corrected chi connectivity index (χ4v) is 4.42. The van der Waals surface area contributed by atoms with Crippen molar-refractivity contribution in [3.8, 4) is 17.2 Å². The lowest BCUT2D eigenvalue weighted by molar-refractivity contribution is -0.130. The Kier molecular flexibility index (Phi) is 5.69. The molecule has 0 radical (unpaired) electrons. The average molecular weight is 474 g/mol. The topological polar surface area (TPSA) is 108 Å². The summed E-state index contributed by atoms with van der Waals surface area (Å²) in [6.45, 7) is 0.0684. The first-order valence-electron chi connectivity index (χ1n) is 10.3. The van der Waals surface area contributed by atoms with E-state index in [4.69, 9.17) is 14.2 Å². The zero-order valence-corrected chi connectivity index (χ0v) is 18.8. The Morgan fingerprint density at radius 1 is 0.971 bits per heavy atom. The van der Waals surface area contributed by atoms with Crippen molar-refractivity contribution in [3.05, 3.63) is 82.9 Å². The molecule has 1 aliphatic rings. The molecular formula is C25H18N2O6S. The molecular weight excluding hydrogens is 456 g/mol. The molecule has 0 aliphatic carbocycles. The highest BCUT2D eigenvalue weighted by atomic mass is 32.1. The number of rotatable bonds is 7. The number of carboxylic acids is 1. The Morgan fingerprint density at radius 2 is 1.74 bits per heavy atom. The van der Waals surface area contributed by atoms with Crippen LogP contribution in [0.5, 0.6) is 17.2 Å². The number of ether oxygens (including phenoxy) is 3. The summed E-state index contributed by atoms with van der Waals surface area (Å²) in [5, 5.41) is 10.3. The number of fused-ring (bicyclic) bond motifs is 2. The quantitative estimate of drug-likeness (QED) is 0.310. The first-order valence-corrected chi connectivity index (χ1v) is 11.0. The number of carboxylic acid groups (broad SMARTS) is 1. The highest BCUT2D eigenvalue weighted by molar-refractivity contribution is 7.00. The van der Waals surface area contributed by atoms with Crippen LogP contribution in [0.4, 0.5) is 0 Å². The lowest BCUT2D eigenvalue weighted by Crippen LogP contribution is -2.14. The van der Waals surface area contributed by atoms with Gasteiger partial charge < -0.3 is 19.3 Å². The standard InChI is InChI=1S/C25H18N2O6S/c1-31-20-5-3-2-4-14(20)10-17(24(28)16-7-9-21-22(12-16)33-13-32-21)23(25(29)30)15-6-8-18-19(11-15)27-34-26-18/h2-9,11-12H,10,13H2,1H3,(H,29,30). The van der Waals surface area contributed by atoms with Gasteiger partial charge in [0, 0.05) is 17.6 Å². The number of Topliss-reactive ketones (excluding diaryl/α,β-unsaturated/α-hetero) is 1. The van der Waals surface area contributed by atoms with Crippen LogP contribution in [0.2, 0.25) is 0 Å². The minimum atomic E-state index is -1.22. The number of hydrogen-bond donors (Lipinski definition) is 1. The van der Waals surface area contributed by atoms with Crippen molar-refractivity contribution >= 4 is 40.1 Å². The van der Waals surface area contributed by atoms with Crippen molar-refractivity contribution in [2.45, 2.75) is 6.42 Å². The Bertz CT molecular complexity index is 1460. The molecule has 0 saturated carbocycles. The molecule has 3 aromatic carbocycles. The molecule has 0 amide bonds. The summed E-state index contributed by atoms with van der Waals surface area (Å²) >= 11 is 1.04. The molecule has 0 saturated heterocycles. The van der Waals surface area contributed by atoms with E-state index in [-0.39, 0.29) is 24.4 Å². The number of allylic oxidation sites excluding steroid dienone is 1. The van der Waals surface area contributed by atoms with Crippen LogP contribution < -0.4 is 14.2 Å². The summed E-state index contributed by atoms with van der Waals surface area (Å²) in [5.41, 5.74) is 2.57. The van der Waals surface area contributed by atoms with Gasteiger partial charge in [-0.1, -0.05) is 24.3 Å². The third kappa shape index (κ3) is 3.97. The van der Waals surface area contributed by atoms with E-state index in [9.17, 15) is 14.7 Å². The van der Waals surface area contributed by atoms with E-state index in [1.807, 2.05) is 12.1 Å². The average Bonchev–Trinajstić information content (AvgIpc) is 3.51. The second kappa shape index (κ2) is 8.95. The van der Waals surface area contributed by atoms with Gasteiger partial charge in [-0.15, -0.1) is 0 Å². The zero-order valence-electron chi connectivity index (χ0n) is 18.0. The van der Waals surface area contributed by atoms with E-state index in [2.05, 4.69) is 8.75 Å². The predicted octanol–water partition coefficient (Wildman–Crippen LogP) is 4.39. The molecule has 34 heavy (non-hydrogen) atoms. The van der Waals surface area contributed by atoms with Gasteiger partial charge in [-0.05, 0) is 47.5 Å². The maximum absolute atomic E-state index is 13.8. The number of nitrogens with zero attached hydrogens (tertiary/aromatic N) is 2. The number of methoxy groups -OCH3 is 1. The smallest absolute Gasteiger partial charge is 0.336 e. The van der Waals surface area contributed by atoms with Crippen LogP contribution in [0.3, 0.4) is 0 Å².